The Balaban J connectivity index is 1.52. The lowest BCUT2D eigenvalue weighted by molar-refractivity contribution is -0.384. The Morgan fingerprint density at radius 2 is 1.84 bits per heavy atom. The zero-order valence-electron chi connectivity index (χ0n) is 13.4. The van der Waals surface area contributed by atoms with E-state index < -0.39 is 4.92 Å². The number of hydrogen-bond donors (Lipinski definition) is 0. The number of rotatable bonds is 7. The van der Waals surface area contributed by atoms with E-state index in [2.05, 4.69) is 4.99 Å². The summed E-state index contributed by atoms with van der Waals surface area (Å²) < 4.78 is 10.9. The Labute approximate surface area is 144 Å². The standard InChI is InChI=1S/C19H16N2O4/c22-21(23)17-7-3-16(4-8-17)14-25-18-9-5-15(6-10-18)12-20-13-19-2-1-11-24-19/h1-12H,13-14H2/b20-12-. The van der Waals surface area contributed by atoms with Crippen LogP contribution in [0.1, 0.15) is 16.9 Å². The quantitative estimate of drug-likeness (QED) is 0.364. The summed E-state index contributed by atoms with van der Waals surface area (Å²) in [6.45, 7) is 0.856. The number of benzene rings is 2. The van der Waals surface area contributed by atoms with Crippen molar-refractivity contribution in [3.05, 3.63) is 93.9 Å². The summed E-state index contributed by atoms with van der Waals surface area (Å²) in [5, 5.41) is 10.6. The molecule has 6 nitrogen and oxygen atoms in total. The van der Waals surface area contributed by atoms with Crippen molar-refractivity contribution in [3.8, 4) is 5.75 Å². The number of nitro benzene ring substituents is 1. The molecule has 1 heterocycles. The van der Waals surface area contributed by atoms with Gasteiger partial charge in [0, 0.05) is 18.3 Å². The van der Waals surface area contributed by atoms with Gasteiger partial charge in [-0.15, -0.1) is 0 Å². The van der Waals surface area contributed by atoms with Gasteiger partial charge in [-0.3, -0.25) is 15.1 Å². The van der Waals surface area contributed by atoms with Crippen molar-refractivity contribution in [3.63, 3.8) is 0 Å². The van der Waals surface area contributed by atoms with Crippen molar-refractivity contribution in [2.24, 2.45) is 4.99 Å². The molecule has 0 aliphatic heterocycles. The van der Waals surface area contributed by atoms with Gasteiger partial charge >= 0.3 is 0 Å². The summed E-state index contributed by atoms with van der Waals surface area (Å²) in [5.41, 5.74) is 1.91. The fourth-order valence-corrected chi connectivity index (χ4v) is 2.17. The molecule has 25 heavy (non-hydrogen) atoms. The summed E-state index contributed by atoms with van der Waals surface area (Å²) >= 11 is 0. The third-order valence-corrected chi connectivity index (χ3v) is 3.50. The summed E-state index contributed by atoms with van der Waals surface area (Å²) in [7, 11) is 0. The Bertz CT molecular complexity index is 838. The fraction of sp³-hybridized carbons (Fsp3) is 0.105. The van der Waals surface area contributed by atoms with Crippen molar-refractivity contribution in [1.29, 1.82) is 0 Å². The van der Waals surface area contributed by atoms with Crippen LogP contribution in [0.25, 0.3) is 0 Å². The van der Waals surface area contributed by atoms with Crippen LogP contribution in [-0.2, 0) is 13.2 Å². The van der Waals surface area contributed by atoms with E-state index in [1.807, 2.05) is 36.4 Å². The number of ether oxygens (including phenoxy) is 1. The van der Waals surface area contributed by atoms with Gasteiger partial charge in [0.25, 0.3) is 5.69 Å². The van der Waals surface area contributed by atoms with Gasteiger partial charge < -0.3 is 9.15 Å². The van der Waals surface area contributed by atoms with E-state index in [1.54, 1.807) is 24.6 Å². The van der Waals surface area contributed by atoms with Crippen LogP contribution in [0.4, 0.5) is 5.69 Å². The highest BCUT2D eigenvalue weighted by Crippen LogP contribution is 2.16. The number of hydrogen-bond acceptors (Lipinski definition) is 5. The molecular weight excluding hydrogens is 320 g/mol. The van der Waals surface area contributed by atoms with Crippen molar-refractivity contribution >= 4 is 11.9 Å². The molecule has 6 heteroatoms. The third kappa shape index (κ3) is 4.78. The molecular formula is C19H16N2O4. The molecule has 3 aromatic rings. The van der Waals surface area contributed by atoms with E-state index in [0.717, 1.165) is 22.6 Å². The third-order valence-electron chi connectivity index (χ3n) is 3.50. The maximum Gasteiger partial charge on any atom is 0.269 e. The van der Waals surface area contributed by atoms with E-state index in [0.29, 0.717) is 13.2 Å². The highest BCUT2D eigenvalue weighted by molar-refractivity contribution is 5.79. The van der Waals surface area contributed by atoms with Crippen LogP contribution in [0, 0.1) is 10.1 Å². The predicted octanol–water partition coefficient (Wildman–Crippen LogP) is 4.39. The number of nitro groups is 1. The molecule has 1 aromatic heterocycles. The highest BCUT2D eigenvalue weighted by Gasteiger charge is 2.04. The molecule has 3 rings (SSSR count). The summed E-state index contributed by atoms with van der Waals surface area (Å²) in [6.07, 6.45) is 3.41. The maximum absolute atomic E-state index is 10.6. The lowest BCUT2D eigenvalue weighted by Crippen LogP contribution is -1.96. The second-order valence-electron chi connectivity index (χ2n) is 5.33. The van der Waals surface area contributed by atoms with Crippen LogP contribution < -0.4 is 4.74 Å². The first-order valence-electron chi connectivity index (χ1n) is 7.69. The Hall–Kier alpha value is -3.41. The molecule has 0 fully saturated rings. The van der Waals surface area contributed by atoms with Gasteiger partial charge in [0.1, 0.15) is 18.1 Å². The minimum Gasteiger partial charge on any atom is -0.489 e. The second-order valence-corrected chi connectivity index (χ2v) is 5.33. The van der Waals surface area contributed by atoms with Gasteiger partial charge in [-0.25, -0.2) is 0 Å². The number of furan rings is 1. The molecule has 0 atom stereocenters. The van der Waals surface area contributed by atoms with Gasteiger partial charge in [-0.1, -0.05) is 0 Å². The van der Waals surface area contributed by atoms with Crippen LogP contribution in [0.3, 0.4) is 0 Å². The van der Waals surface area contributed by atoms with Gasteiger partial charge in [-0.2, -0.15) is 0 Å². The molecule has 126 valence electrons. The Kier molecular flexibility index (Phi) is 5.21. The molecule has 0 aliphatic rings. The van der Waals surface area contributed by atoms with E-state index in [1.165, 1.54) is 12.1 Å². The number of non-ortho nitro benzene ring substituents is 1. The second kappa shape index (κ2) is 7.92. The van der Waals surface area contributed by atoms with Crippen molar-refractivity contribution in [2.45, 2.75) is 13.2 Å². The normalized spacial score (nSPS) is 10.9. The van der Waals surface area contributed by atoms with Gasteiger partial charge in [0.2, 0.25) is 0 Å². The smallest absolute Gasteiger partial charge is 0.269 e. The van der Waals surface area contributed by atoms with E-state index >= 15 is 0 Å². The minimum atomic E-state index is -0.420. The van der Waals surface area contributed by atoms with Crippen LogP contribution in [0.5, 0.6) is 5.75 Å². The lowest BCUT2D eigenvalue weighted by atomic mass is 10.2. The van der Waals surface area contributed by atoms with Crippen LogP contribution in [-0.4, -0.2) is 11.1 Å². The van der Waals surface area contributed by atoms with E-state index in [-0.39, 0.29) is 5.69 Å². The molecule has 0 bridgehead atoms. The van der Waals surface area contributed by atoms with Crippen LogP contribution in [0.2, 0.25) is 0 Å². The zero-order chi connectivity index (χ0) is 17.5. The molecule has 0 N–H and O–H groups in total. The molecule has 0 radical (unpaired) electrons. The van der Waals surface area contributed by atoms with Crippen molar-refractivity contribution in [1.82, 2.24) is 0 Å². The summed E-state index contributed by atoms with van der Waals surface area (Å²) in [6, 6.07) is 17.6. The lowest BCUT2D eigenvalue weighted by Gasteiger charge is -2.06. The number of nitrogens with zero attached hydrogens (tertiary/aromatic N) is 2. The van der Waals surface area contributed by atoms with Gasteiger partial charge in [0.15, 0.2) is 0 Å². The van der Waals surface area contributed by atoms with E-state index in [9.17, 15) is 10.1 Å². The Morgan fingerprint density at radius 1 is 1.08 bits per heavy atom. The SMILES string of the molecule is O=[N+]([O-])c1ccc(COc2ccc(/C=N\Cc3ccco3)cc2)cc1. The summed E-state index contributed by atoms with van der Waals surface area (Å²) in [4.78, 5) is 14.5. The topological polar surface area (TPSA) is 77.9 Å². The molecule has 0 aliphatic carbocycles. The number of aliphatic imine (C=N–C) groups is 1. The average molecular weight is 336 g/mol. The van der Waals surface area contributed by atoms with Crippen LogP contribution in [0.15, 0.2) is 76.3 Å². The zero-order valence-corrected chi connectivity index (χ0v) is 13.4. The molecule has 0 unspecified atom stereocenters. The molecule has 0 saturated carbocycles. The first-order valence-corrected chi connectivity index (χ1v) is 7.69. The first-order chi connectivity index (χ1) is 12.2. The van der Waals surface area contributed by atoms with Crippen molar-refractivity contribution in [2.75, 3.05) is 0 Å². The minimum absolute atomic E-state index is 0.0712. The molecule has 2 aromatic carbocycles. The van der Waals surface area contributed by atoms with Crippen molar-refractivity contribution < 1.29 is 14.1 Å². The maximum atomic E-state index is 10.6. The summed E-state index contributed by atoms with van der Waals surface area (Å²) in [5.74, 6) is 1.54. The fourth-order valence-electron chi connectivity index (χ4n) is 2.17. The van der Waals surface area contributed by atoms with E-state index in [4.69, 9.17) is 9.15 Å². The highest BCUT2D eigenvalue weighted by atomic mass is 16.6. The van der Waals surface area contributed by atoms with Gasteiger partial charge in [-0.05, 0) is 59.7 Å². The molecule has 0 saturated heterocycles. The molecule has 0 spiro atoms. The van der Waals surface area contributed by atoms with Crippen LogP contribution >= 0.6 is 0 Å². The average Bonchev–Trinajstić information content (AvgIpc) is 3.15. The first kappa shape index (κ1) is 16.4. The largest absolute Gasteiger partial charge is 0.489 e. The predicted molar refractivity (Wildman–Crippen MR) is 93.9 cm³/mol. The molecule has 0 amide bonds. The Morgan fingerprint density at radius 3 is 2.48 bits per heavy atom. The van der Waals surface area contributed by atoms with Gasteiger partial charge in [0.05, 0.1) is 17.7 Å². The monoisotopic (exact) mass is 336 g/mol.